The molecule has 1 aliphatic rings. The number of aryl methyl sites for hydroxylation is 1. The number of alkyl halides is 3. The second kappa shape index (κ2) is 9.16. The molecule has 30 heavy (non-hydrogen) atoms. The molecule has 1 unspecified atom stereocenters. The second-order valence-corrected chi connectivity index (χ2v) is 7.69. The fraction of sp³-hybridized carbons (Fsp3) is 0.409. The number of carbonyl (C=O) groups is 1. The summed E-state index contributed by atoms with van der Waals surface area (Å²) in [6.45, 7) is 5.52. The first-order valence-electron chi connectivity index (χ1n) is 9.83. The summed E-state index contributed by atoms with van der Waals surface area (Å²) in [5.74, 6) is 0.466. The highest BCUT2D eigenvalue weighted by atomic mass is 35.5. The van der Waals surface area contributed by atoms with Crippen LogP contribution in [0.15, 0.2) is 42.5 Å². The second-order valence-electron chi connectivity index (χ2n) is 7.29. The molecule has 4 nitrogen and oxygen atoms in total. The summed E-state index contributed by atoms with van der Waals surface area (Å²) in [5, 5.41) is 0.632. The highest BCUT2D eigenvalue weighted by Crippen LogP contribution is 2.32. The molecular weight excluding hydrogens is 417 g/mol. The summed E-state index contributed by atoms with van der Waals surface area (Å²) in [7, 11) is 0. The van der Waals surface area contributed by atoms with E-state index in [0.29, 0.717) is 49.1 Å². The summed E-state index contributed by atoms with van der Waals surface area (Å²) < 4.78 is 44.8. The van der Waals surface area contributed by atoms with E-state index >= 15 is 0 Å². The Morgan fingerprint density at radius 2 is 1.83 bits per heavy atom. The molecule has 0 spiro atoms. The average Bonchev–Trinajstić information content (AvgIpc) is 2.73. The molecular formula is C22H24ClF3N2O2. The predicted octanol–water partition coefficient (Wildman–Crippen LogP) is 5.17. The number of piperazine rings is 1. The standard InChI is InChI=1S/C22H24ClF3N2O2/c1-3-20(30-18-7-8-19(23)15(2)13-18)21(29)28-11-9-27(10-12-28)17-6-4-5-16(14-17)22(24,25)26/h4-8,13-14,20H,3,9-12H2,1-2H3. The van der Waals surface area contributed by atoms with Gasteiger partial charge in [-0.15, -0.1) is 0 Å². The maximum absolute atomic E-state index is 13.0. The number of rotatable bonds is 5. The lowest BCUT2D eigenvalue weighted by Crippen LogP contribution is -2.52. The van der Waals surface area contributed by atoms with Crippen molar-refractivity contribution in [2.45, 2.75) is 32.5 Å². The number of hydrogen-bond acceptors (Lipinski definition) is 3. The molecule has 2 aromatic carbocycles. The monoisotopic (exact) mass is 440 g/mol. The molecule has 1 aliphatic heterocycles. The number of halogens is 4. The van der Waals surface area contributed by atoms with Crippen LogP contribution < -0.4 is 9.64 Å². The van der Waals surface area contributed by atoms with Crippen LogP contribution in [-0.4, -0.2) is 43.1 Å². The van der Waals surface area contributed by atoms with Crippen molar-refractivity contribution in [3.8, 4) is 5.75 Å². The van der Waals surface area contributed by atoms with Gasteiger partial charge < -0.3 is 14.5 Å². The van der Waals surface area contributed by atoms with Crippen molar-refractivity contribution in [1.82, 2.24) is 4.90 Å². The van der Waals surface area contributed by atoms with Crippen LogP contribution in [0.1, 0.15) is 24.5 Å². The van der Waals surface area contributed by atoms with Gasteiger partial charge >= 0.3 is 6.18 Å². The lowest BCUT2D eigenvalue weighted by Gasteiger charge is -2.37. The van der Waals surface area contributed by atoms with Crippen molar-refractivity contribution >= 4 is 23.2 Å². The molecule has 0 radical (unpaired) electrons. The first kappa shape index (κ1) is 22.3. The van der Waals surface area contributed by atoms with Crippen molar-refractivity contribution in [3.63, 3.8) is 0 Å². The first-order chi connectivity index (χ1) is 14.2. The van der Waals surface area contributed by atoms with Gasteiger partial charge in [-0.1, -0.05) is 24.6 Å². The molecule has 0 N–H and O–H groups in total. The molecule has 0 aromatic heterocycles. The van der Waals surface area contributed by atoms with Crippen molar-refractivity contribution in [2.75, 3.05) is 31.1 Å². The number of amides is 1. The van der Waals surface area contributed by atoms with Crippen molar-refractivity contribution in [1.29, 1.82) is 0 Å². The van der Waals surface area contributed by atoms with Crippen LogP contribution >= 0.6 is 11.6 Å². The minimum absolute atomic E-state index is 0.117. The van der Waals surface area contributed by atoms with E-state index in [9.17, 15) is 18.0 Å². The molecule has 0 aliphatic carbocycles. The molecule has 1 amide bonds. The Morgan fingerprint density at radius 1 is 1.13 bits per heavy atom. The van der Waals surface area contributed by atoms with E-state index in [1.165, 1.54) is 6.07 Å². The number of hydrogen-bond donors (Lipinski definition) is 0. The predicted molar refractivity (Wildman–Crippen MR) is 111 cm³/mol. The summed E-state index contributed by atoms with van der Waals surface area (Å²) in [4.78, 5) is 16.5. The Bertz CT molecular complexity index is 896. The zero-order valence-corrected chi connectivity index (χ0v) is 17.6. The van der Waals surface area contributed by atoms with Gasteiger partial charge in [-0.3, -0.25) is 4.79 Å². The van der Waals surface area contributed by atoms with Gasteiger partial charge in [0.1, 0.15) is 5.75 Å². The third kappa shape index (κ3) is 5.19. The van der Waals surface area contributed by atoms with Gasteiger partial charge in [0.15, 0.2) is 6.10 Å². The maximum atomic E-state index is 13.0. The molecule has 1 heterocycles. The van der Waals surface area contributed by atoms with Gasteiger partial charge in [0.05, 0.1) is 5.56 Å². The molecule has 2 aromatic rings. The average molecular weight is 441 g/mol. The minimum atomic E-state index is -4.38. The van der Waals surface area contributed by atoms with Crippen LogP contribution in [0.3, 0.4) is 0 Å². The number of nitrogens with zero attached hydrogens (tertiary/aromatic N) is 2. The van der Waals surface area contributed by atoms with Crippen molar-refractivity contribution < 1.29 is 22.7 Å². The van der Waals surface area contributed by atoms with Crippen LogP contribution in [0.5, 0.6) is 5.75 Å². The largest absolute Gasteiger partial charge is 0.481 e. The zero-order valence-electron chi connectivity index (χ0n) is 16.9. The molecule has 0 saturated carbocycles. The van der Waals surface area contributed by atoms with E-state index in [1.54, 1.807) is 29.2 Å². The molecule has 162 valence electrons. The molecule has 3 rings (SSSR count). The number of carbonyl (C=O) groups excluding carboxylic acids is 1. The van der Waals surface area contributed by atoms with Crippen LogP contribution in [0.2, 0.25) is 5.02 Å². The highest BCUT2D eigenvalue weighted by Gasteiger charge is 2.32. The third-order valence-electron chi connectivity index (χ3n) is 5.18. The van der Waals surface area contributed by atoms with Gasteiger partial charge in [-0.05, 0) is 55.3 Å². The fourth-order valence-corrected chi connectivity index (χ4v) is 3.55. The van der Waals surface area contributed by atoms with E-state index in [-0.39, 0.29) is 5.91 Å². The third-order valence-corrected chi connectivity index (χ3v) is 5.61. The van der Waals surface area contributed by atoms with E-state index in [2.05, 4.69) is 0 Å². The lowest BCUT2D eigenvalue weighted by molar-refractivity contribution is -0.139. The summed E-state index contributed by atoms with van der Waals surface area (Å²) in [6, 6.07) is 10.5. The van der Waals surface area contributed by atoms with E-state index in [4.69, 9.17) is 16.3 Å². The van der Waals surface area contributed by atoms with Gasteiger partial charge in [-0.2, -0.15) is 13.2 Å². The van der Waals surface area contributed by atoms with E-state index in [0.717, 1.165) is 17.7 Å². The van der Waals surface area contributed by atoms with Crippen LogP contribution in [0.4, 0.5) is 18.9 Å². The van der Waals surface area contributed by atoms with Crippen LogP contribution in [-0.2, 0) is 11.0 Å². The Labute approximate surface area is 179 Å². The quantitative estimate of drug-likeness (QED) is 0.642. The SMILES string of the molecule is CCC(Oc1ccc(Cl)c(C)c1)C(=O)N1CCN(c2cccc(C(F)(F)F)c2)CC1. The summed E-state index contributed by atoms with van der Waals surface area (Å²) in [5.41, 5.74) is 0.708. The molecule has 1 saturated heterocycles. The Morgan fingerprint density at radius 3 is 2.43 bits per heavy atom. The minimum Gasteiger partial charge on any atom is -0.481 e. The Balaban J connectivity index is 1.62. The summed E-state index contributed by atoms with van der Waals surface area (Å²) in [6.07, 6.45) is -4.49. The van der Waals surface area contributed by atoms with Gasteiger partial charge in [0.2, 0.25) is 0 Å². The summed E-state index contributed by atoms with van der Waals surface area (Å²) >= 11 is 6.04. The smallest absolute Gasteiger partial charge is 0.416 e. The van der Waals surface area contributed by atoms with Gasteiger partial charge in [0, 0.05) is 36.9 Å². The molecule has 1 atom stereocenters. The Hall–Kier alpha value is -2.41. The Kier molecular flexibility index (Phi) is 6.81. The topological polar surface area (TPSA) is 32.8 Å². The fourth-order valence-electron chi connectivity index (χ4n) is 3.43. The molecule has 0 bridgehead atoms. The van der Waals surface area contributed by atoms with Gasteiger partial charge in [-0.25, -0.2) is 0 Å². The first-order valence-corrected chi connectivity index (χ1v) is 10.2. The number of anilines is 1. The van der Waals surface area contributed by atoms with E-state index < -0.39 is 17.8 Å². The zero-order chi connectivity index (χ0) is 21.9. The lowest BCUT2D eigenvalue weighted by atomic mass is 10.1. The van der Waals surface area contributed by atoms with E-state index in [1.807, 2.05) is 18.7 Å². The van der Waals surface area contributed by atoms with Gasteiger partial charge in [0.25, 0.3) is 5.91 Å². The van der Waals surface area contributed by atoms with Crippen LogP contribution in [0.25, 0.3) is 0 Å². The number of benzene rings is 2. The molecule has 1 fully saturated rings. The normalized spacial score (nSPS) is 15.8. The maximum Gasteiger partial charge on any atom is 0.416 e. The highest BCUT2D eigenvalue weighted by molar-refractivity contribution is 6.31. The number of ether oxygens (including phenoxy) is 1. The van der Waals surface area contributed by atoms with Crippen molar-refractivity contribution in [3.05, 3.63) is 58.6 Å². The molecule has 8 heteroatoms. The van der Waals surface area contributed by atoms with Crippen molar-refractivity contribution in [2.24, 2.45) is 0 Å². The van der Waals surface area contributed by atoms with Crippen LogP contribution in [0, 0.1) is 6.92 Å².